The Hall–Kier alpha value is -3.23. The maximum Gasteiger partial charge on any atom is 0.223 e. The van der Waals surface area contributed by atoms with Crippen LogP contribution >= 0.6 is 0 Å². The third kappa shape index (κ3) is 4.81. The van der Waals surface area contributed by atoms with Gasteiger partial charge in [-0.2, -0.15) is 5.10 Å². The average Bonchev–Trinajstić information content (AvgIpc) is 3.71. The van der Waals surface area contributed by atoms with Crippen molar-refractivity contribution in [2.24, 2.45) is 0 Å². The predicted molar refractivity (Wildman–Crippen MR) is 159 cm³/mol. The van der Waals surface area contributed by atoms with Crippen molar-refractivity contribution in [3.8, 4) is 11.3 Å². The minimum absolute atomic E-state index is 0.196. The Morgan fingerprint density at radius 1 is 1.12 bits per heavy atom. The number of benzene rings is 1. The molecule has 1 aromatic carbocycles. The number of amides is 1. The van der Waals surface area contributed by atoms with Crippen LogP contribution in [0.3, 0.4) is 0 Å². The number of rotatable bonds is 7. The summed E-state index contributed by atoms with van der Waals surface area (Å²) >= 11 is 0. The minimum atomic E-state index is 0.196. The first-order valence-electron chi connectivity index (χ1n) is 14.9. The van der Waals surface area contributed by atoms with Gasteiger partial charge in [0.05, 0.1) is 12.3 Å². The quantitative estimate of drug-likeness (QED) is 0.336. The van der Waals surface area contributed by atoms with E-state index in [1.165, 1.54) is 33.3 Å². The third-order valence-corrected chi connectivity index (χ3v) is 9.48. The van der Waals surface area contributed by atoms with Gasteiger partial charge in [-0.3, -0.25) is 9.69 Å². The molecule has 0 spiro atoms. The van der Waals surface area contributed by atoms with Gasteiger partial charge in [0.1, 0.15) is 6.33 Å². The van der Waals surface area contributed by atoms with Gasteiger partial charge in [0.15, 0.2) is 5.65 Å². The standard InChI is InChI=1S/C32H42N6O2/c1-20(2)30-26-16-24(23-9-13-37(14-10-23)29(40)11-15-36-12-5-6-25(36)18-39)7-8-28(26)35-31(30)27-17-38-32(33-19-34-38)22(4)21(27)3/h7-8,16-17,19-20,23,25,35,39H,5-6,9-15,18H2,1-4H3. The second-order valence-electron chi connectivity index (χ2n) is 12.1. The van der Waals surface area contributed by atoms with Crippen molar-refractivity contribution in [3.63, 3.8) is 0 Å². The van der Waals surface area contributed by atoms with Crippen molar-refractivity contribution >= 4 is 22.5 Å². The van der Waals surface area contributed by atoms with E-state index in [0.717, 1.165) is 68.6 Å². The van der Waals surface area contributed by atoms with Crippen LogP contribution in [0.4, 0.5) is 0 Å². The van der Waals surface area contributed by atoms with Crippen LogP contribution in [0.5, 0.6) is 0 Å². The summed E-state index contributed by atoms with van der Waals surface area (Å²) in [6.45, 7) is 12.4. The van der Waals surface area contributed by atoms with E-state index >= 15 is 0 Å². The Morgan fingerprint density at radius 2 is 1.93 bits per heavy atom. The first-order chi connectivity index (χ1) is 19.4. The minimum Gasteiger partial charge on any atom is -0.395 e. The summed E-state index contributed by atoms with van der Waals surface area (Å²) < 4.78 is 1.88. The number of aromatic nitrogens is 4. The van der Waals surface area contributed by atoms with Gasteiger partial charge in [-0.25, -0.2) is 9.50 Å². The van der Waals surface area contributed by atoms with Crippen LogP contribution < -0.4 is 0 Å². The van der Waals surface area contributed by atoms with E-state index in [0.29, 0.717) is 18.3 Å². The van der Waals surface area contributed by atoms with E-state index in [-0.39, 0.29) is 18.6 Å². The molecule has 2 aliphatic rings. The fourth-order valence-corrected chi connectivity index (χ4v) is 7.01. The van der Waals surface area contributed by atoms with Gasteiger partial charge in [-0.1, -0.05) is 19.9 Å². The van der Waals surface area contributed by atoms with Crippen LogP contribution in [0.2, 0.25) is 0 Å². The Labute approximate surface area is 236 Å². The summed E-state index contributed by atoms with van der Waals surface area (Å²) in [5.41, 5.74) is 9.49. The molecule has 2 fully saturated rings. The predicted octanol–water partition coefficient (Wildman–Crippen LogP) is 5.17. The summed E-state index contributed by atoms with van der Waals surface area (Å²) in [6, 6.07) is 7.14. The normalized spacial score (nSPS) is 19.1. The number of nitrogens with zero attached hydrogens (tertiary/aromatic N) is 5. The van der Waals surface area contributed by atoms with Gasteiger partial charge >= 0.3 is 0 Å². The summed E-state index contributed by atoms with van der Waals surface area (Å²) in [6.07, 6.45) is 8.42. The molecule has 1 atom stereocenters. The maximum absolute atomic E-state index is 13.0. The number of hydrogen-bond donors (Lipinski definition) is 2. The van der Waals surface area contributed by atoms with Crippen molar-refractivity contribution in [1.82, 2.24) is 29.4 Å². The molecule has 8 nitrogen and oxygen atoms in total. The summed E-state index contributed by atoms with van der Waals surface area (Å²) in [5, 5.41) is 15.3. The van der Waals surface area contributed by atoms with Crippen LogP contribution in [0.1, 0.15) is 80.0 Å². The number of hydrogen-bond acceptors (Lipinski definition) is 5. The van der Waals surface area contributed by atoms with Crippen molar-refractivity contribution in [2.45, 2.75) is 77.7 Å². The largest absolute Gasteiger partial charge is 0.395 e. The maximum atomic E-state index is 13.0. The molecule has 3 aromatic heterocycles. The zero-order valence-electron chi connectivity index (χ0n) is 24.3. The second kappa shape index (κ2) is 11.0. The molecule has 1 unspecified atom stereocenters. The lowest BCUT2D eigenvalue weighted by molar-refractivity contribution is -0.132. The van der Waals surface area contributed by atoms with Crippen molar-refractivity contribution in [2.75, 3.05) is 32.8 Å². The Balaban J connectivity index is 1.20. The van der Waals surface area contributed by atoms with Crippen LogP contribution in [0, 0.1) is 13.8 Å². The fraction of sp³-hybridized carbons (Fsp3) is 0.531. The molecular weight excluding hydrogens is 500 g/mol. The first kappa shape index (κ1) is 27.0. The number of piperidine rings is 1. The highest BCUT2D eigenvalue weighted by atomic mass is 16.3. The molecule has 4 aromatic rings. The fourth-order valence-electron chi connectivity index (χ4n) is 7.01. The van der Waals surface area contributed by atoms with Crippen LogP contribution in [0.25, 0.3) is 27.8 Å². The number of aryl methyl sites for hydroxylation is 1. The van der Waals surface area contributed by atoms with E-state index in [4.69, 9.17) is 0 Å². The van der Waals surface area contributed by atoms with Crippen LogP contribution in [-0.2, 0) is 4.79 Å². The molecule has 0 radical (unpaired) electrons. The van der Waals surface area contributed by atoms with Gasteiger partial charge < -0.3 is 15.0 Å². The molecule has 212 valence electrons. The number of carbonyl (C=O) groups excluding carboxylic acids is 1. The van der Waals surface area contributed by atoms with E-state index in [1.807, 2.05) is 4.52 Å². The molecule has 2 N–H and O–H groups in total. The topological polar surface area (TPSA) is 89.8 Å². The first-order valence-corrected chi connectivity index (χ1v) is 14.9. The van der Waals surface area contributed by atoms with Crippen LogP contribution in [0.15, 0.2) is 30.7 Å². The van der Waals surface area contributed by atoms with Crippen LogP contribution in [-0.4, -0.2) is 79.2 Å². The van der Waals surface area contributed by atoms with E-state index in [9.17, 15) is 9.90 Å². The molecule has 2 aliphatic heterocycles. The number of fused-ring (bicyclic) bond motifs is 2. The molecule has 6 rings (SSSR count). The number of aliphatic hydroxyl groups is 1. The zero-order chi connectivity index (χ0) is 28.0. The molecule has 0 bridgehead atoms. The Kier molecular flexibility index (Phi) is 7.40. The summed E-state index contributed by atoms with van der Waals surface area (Å²) in [5.74, 6) is 1.06. The molecule has 0 saturated carbocycles. The van der Waals surface area contributed by atoms with Gasteiger partial charge in [0.25, 0.3) is 0 Å². The van der Waals surface area contributed by atoms with Gasteiger partial charge in [-0.05, 0) is 92.3 Å². The summed E-state index contributed by atoms with van der Waals surface area (Å²) in [7, 11) is 0. The Morgan fingerprint density at radius 3 is 2.67 bits per heavy atom. The van der Waals surface area contributed by atoms with Crippen molar-refractivity contribution in [1.29, 1.82) is 0 Å². The number of carbonyl (C=O) groups is 1. The number of aliphatic hydroxyl groups excluding tert-OH is 1. The van der Waals surface area contributed by atoms with Crippen molar-refractivity contribution in [3.05, 3.63) is 53.0 Å². The van der Waals surface area contributed by atoms with E-state index in [1.54, 1.807) is 6.33 Å². The lowest BCUT2D eigenvalue weighted by Crippen LogP contribution is -2.40. The van der Waals surface area contributed by atoms with Gasteiger partial charge in [-0.15, -0.1) is 0 Å². The molecule has 40 heavy (non-hydrogen) atoms. The molecule has 1 amide bonds. The number of pyridine rings is 1. The van der Waals surface area contributed by atoms with Gasteiger partial charge in [0.2, 0.25) is 5.91 Å². The highest BCUT2D eigenvalue weighted by molar-refractivity contribution is 5.92. The third-order valence-electron chi connectivity index (χ3n) is 9.48. The Bertz CT molecular complexity index is 1530. The molecule has 5 heterocycles. The SMILES string of the molecule is Cc1c(-c2[nH]c3ccc(C4CCN(C(=O)CCN5CCCC5CO)CC4)cc3c2C(C)C)cn2ncnc2c1C. The summed E-state index contributed by atoms with van der Waals surface area (Å²) in [4.78, 5) is 25.5. The number of nitrogens with one attached hydrogen (secondary N) is 1. The highest BCUT2D eigenvalue weighted by Crippen LogP contribution is 2.40. The molecule has 0 aliphatic carbocycles. The molecular formula is C32H42N6O2. The number of H-pyrrole nitrogens is 1. The van der Waals surface area contributed by atoms with Gasteiger partial charge in [0, 0.05) is 54.8 Å². The number of aromatic amines is 1. The monoisotopic (exact) mass is 542 g/mol. The molecule has 8 heteroatoms. The lowest BCUT2D eigenvalue weighted by Gasteiger charge is -2.33. The molecule has 2 saturated heterocycles. The smallest absolute Gasteiger partial charge is 0.223 e. The number of likely N-dealkylation sites (tertiary alicyclic amines) is 2. The van der Waals surface area contributed by atoms with Crippen molar-refractivity contribution < 1.29 is 9.90 Å². The second-order valence-corrected chi connectivity index (χ2v) is 12.1. The average molecular weight is 543 g/mol. The highest BCUT2D eigenvalue weighted by Gasteiger charge is 2.28. The zero-order valence-corrected chi connectivity index (χ0v) is 24.3. The van der Waals surface area contributed by atoms with E-state index < -0.39 is 0 Å². The van der Waals surface area contributed by atoms with E-state index in [2.05, 4.69) is 77.0 Å². The lowest BCUT2D eigenvalue weighted by atomic mass is 9.87.